The van der Waals surface area contributed by atoms with Crippen molar-refractivity contribution in [3.05, 3.63) is 102 Å². The zero-order chi connectivity index (χ0) is 20.5. The lowest BCUT2D eigenvalue weighted by Crippen LogP contribution is -2.14. The Morgan fingerprint density at radius 2 is 1.53 bits per heavy atom. The van der Waals surface area contributed by atoms with Crippen LogP contribution < -0.4 is 0 Å². The summed E-state index contributed by atoms with van der Waals surface area (Å²) >= 11 is 0. The van der Waals surface area contributed by atoms with Crippen molar-refractivity contribution in [2.75, 3.05) is 0 Å². The summed E-state index contributed by atoms with van der Waals surface area (Å²) in [5.41, 5.74) is 9.07. The fourth-order valence-corrected chi connectivity index (χ4v) is 5.21. The molecule has 1 aliphatic rings. The Balaban J connectivity index is 1.67. The summed E-state index contributed by atoms with van der Waals surface area (Å²) in [7, 11) is 0. The lowest BCUT2D eigenvalue weighted by molar-refractivity contribution is 0.661. The number of fused-ring (bicyclic) bond motifs is 6. The molecule has 0 bridgehead atoms. The molecule has 30 heavy (non-hydrogen) atoms. The standard InChI is InChI=1S/C29H23N/c1-18-7-6-8-20(15-18)28-23-12-11-19-16-25-22-9-4-5-10-26(22)29(2,3)27(25)17-24(19)21(23)13-14-30-28/h4-17H,1-3H3. The van der Waals surface area contributed by atoms with E-state index in [0.717, 1.165) is 5.69 Å². The molecule has 0 amide bonds. The first-order valence-electron chi connectivity index (χ1n) is 10.6. The Morgan fingerprint density at radius 1 is 0.667 bits per heavy atom. The van der Waals surface area contributed by atoms with Crippen molar-refractivity contribution < 1.29 is 0 Å². The van der Waals surface area contributed by atoms with Gasteiger partial charge in [0.1, 0.15) is 0 Å². The maximum absolute atomic E-state index is 4.76. The van der Waals surface area contributed by atoms with E-state index in [2.05, 4.69) is 99.6 Å². The van der Waals surface area contributed by atoms with Gasteiger partial charge < -0.3 is 0 Å². The molecular weight excluding hydrogens is 362 g/mol. The highest BCUT2D eigenvalue weighted by Gasteiger charge is 2.35. The fourth-order valence-electron chi connectivity index (χ4n) is 5.21. The average molecular weight is 386 g/mol. The maximum Gasteiger partial charge on any atom is 0.0780 e. The molecule has 5 aromatic rings. The molecule has 144 valence electrons. The van der Waals surface area contributed by atoms with Gasteiger partial charge in [0.25, 0.3) is 0 Å². The van der Waals surface area contributed by atoms with Gasteiger partial charge in [-0.05, 0) is 69.6 Å². The van der Waals surface area contributed by atoms with Gasteiger partial charge in [0, 0.05) is 22.6 Å². The Labute approximate surface area is 177 Å². The normalized spacial score (nSPS) is 14.1. The fraction of sp³-hybridized carbons (Fsp3) is 0.138. The van der Waals surface area contributed by atoms with Crippen LogP contribution in [0.25, 0.3) is 43.9 Å². The van der Waals surface area contributed by atoms with Crippen molar-refractivity contribution in [3.8, 4) is 22.4 Å². The molecule has 0 saturated heterocycles. The smallest absolute Gasteiger partial charge is 0.0780 e. The van der Waals surface area contributed by atoms with E-state index in [1.807, 2.05) is 6.20 Å². The van der Waals surface area contributed by atoms with Gasteiger partial charge in [0.05, 0.1) is 5.69 Å². The van der Waals surface area contributed by atoms with E-state index in [1.54, 1.807) is 0 Å². The minimum atomic E-state index is 0.00861. The lowest BCUT2D eigenvalue weighted by atomic mass is 9.81. The van der Waals surface area contributed by atoms with E-state index in [4.69, 9.17) is 4.98 Å². The van der Waals surface area contributed by atoms with E-state index in [1.165, 1.54) is 54.9 Å². The molecule has 0 atom stereocenters. The number of pyridine rings is 1. The Hall–Kier alpha value is -3.45. The number of nitrogens with zero attached hydrogens (tertiary/aromatic N) is 1. The minimum absolute atomic E-state index is 0.00861. The highest BCUT2D eigenvalue weighted by molar-refractivity contribution is 6.12. The molecule has 1 aliphatic carbocycles. The second-order valence-corrected chi connectivity index (χ2v) is 8.98. The van der Waals surface area contributed by atoms with Gasteiger partial charge in [0.15, 0.2) is 0 Å². The molecule has 0 radical (unpaired) electrons. The number of hydrogen-bond acceptors (Lipinski definition) is 1. The molecule has 0 N–H and O–H groups in total. The van der Waals surface area contributed by atoms with Crippen molar-refractivity contribution in [1.82, 2.24) is 4.98 Å². The van der Waals surface area contributed by atoms with Crippen LogP contribution in [0.5, 0.6) is 0 Å². The third-order valence-corrected chi connectivity index (χ3v) is 6.75. The third-order valence-electron chi connectivity index (χ3n) is 6.75. The summed E-state index contributed by atoms with van der Waals surface area (Å²) in [6.07, 6.45) is 1.95. The largest absolute Gasteiger partial charge is 0.256 e. The molecule has 0 fully saturated rings. The monoisotopic (exact) mass is 385 g/mol. The predicted molar refractivity (Wildman–Crippen MR) is 127 cm³/mol. The van der Waals surface area contributed by atoms with Gasteiger partial charge in [-0.3, -0.25) is 4.98 Å². The molecule has 4 aromatic carbocycles. The quantitative estimate of drug-likeness (QED) is 0.270. The van der Waals surface area contributed by atoms with Gasteiger partial charge in [-0.25, -0.2) is 0 Å². The van der Waals surface area contributed by atoms with Gasteiger partial charge in [-0.1, -0.05) is 74.0 Å². The number of aromatic nitrogens is 1. The Kier molecular flexibility index (Phi) is 3.50. The third kappa shape index (κ3) is 2.32. The summed E-state index contributed by atoms with van der Waals surface area (Å²) in [5.74, 6) is 0. The molecule has 0 spiro atoms. The van der Waals surface area contributed by atoms with E-state index in [9.17, 15) is 0 Å². The van der Waals surface area contributed by atoms with Crippen LogP contribution in [0.1, 0.15) is 30.5 Å². The number of benzene rings is 4. The van der Waals surface area contributed by atoms with E-state index < -0.39 is 0 Å². The molecule has 0 aliphatic heterocycles. The van der Waals surface area contributed by atoms with Crippen molar-refractivity contribution in [3.63, 3.8) is 0 Å². The lowest BCUT2D eigenvalue weighted by Gasteiger charge is -2.22. The summed E-state index contributed by atoms with van der Waals surface area (Å²) in [4.78, 5) is 4.76. The van der Waals surface area contributed by atoms with Crippen molar-refractivity contribution in [2.24, 2.45) is 0 Å². The first-order valence-corrected chi connectivity index (χ1v) is 10.6. The summed E-state index contributed by atoms with van der Waals surface area (Å²) < 4.78 is 0. The van der Waals surface area contributed by atoms with Gasteiger partial charge in [-0.2, -0.15) is 0 Å². The van der Waals surface area contributed by atoms with Crippen LogP contribution in [0.2, 0.25) is 0 Å². The minimum Gasteiger partial charge on any atom is -0.256 e. The van der Waals surface area contributed by atoms with Gasteiger partial charge in [0.2, 0.25) is 0 Å². The number of hydrogen-bond donors (Lipinski definition) is 0. The van der Waals surface area contributed by atoms with Crippen LogP contribution in [0.15, 0.2) is 85.1 Å². The van der Waals surface area contributed by atoms with Crippen molar-refractivity contribution >= 4 is 21.5 Å². The first-order chi connectivity index (χ1) is 14.5. The zero-order valence-corrected chi connectivity index (χ0v) is 17.5. The molecule has 6 rings (SSSR count). The first kappa shape index (κ1) is 17.4. The predicted octanol–water partition coefficient (Wildman–Crippen LogP) is 7.67. The second-order valence-electron chi connectivity index (χ2n) is 8.98. The summed E-state index contributed by atoms with van der Waals surface area (Å²) in [6.45, 7) is 6.82. The average Bonchev–Trinajstić information content (AvgIpc) is 2.99. The second kappa shape index (κ2) is 6.03. The maximum atomic E-state index is 4.76. The molecule has 1 heterocycles. The van der Waals surface area contributed by atoms with Crippen LogP contribution in [0.4, 0.5) is 0 Å². The topological polar surface area (TPSA) is 12.9 Å². The highest BCUT2D eigenvalue weighted by Crippen LogP contribution is 2.50. The molecule has 0 unspecified atom stereocenters. The van der Waals surface area contributed by atoms with Crippen LogP contribution in [0.3, 0.4) is 0 Å². The Morgan fingerprint density at radius 3 is 2.40 bits per heavy atom. The zero-order valence-electron chi connectivity index (χ0n) is 17.5. The van der Waals surface area contributed by atoms with E-state index in [-0.39, 0.29) is 5.41 Å². The molecule has 0 saturated carbocycles. The molecule has 1 nitrogen and oxygen atoms in total. The number of aryl methyl sites for hydroxylation is 1. The SMILES string of the molecule is Cc1cccc(-c2nccc3c2ccc2cc4c(cc23)C(C)(C)c2ccccc2-4)c1. The van der Waals surface area contributed by atoms with Crippen LogP contribution in [0, 0.1) is 6.92 Å². The number of rotatable bonds is 1. The highest BCUT2D eigenvalue weighted by atomic mass is 14.7. The van der Waals surface area contributed by atoms with Crippen LogP contribution in [-0.2, 0) is 5.41 Å². The molecule has 1 aromatic heterocycles. The molecule has 1 heteroatoms. The molecular formula is C29H23N. The summed E-state index contributed by atoms with van der Waals surface area (Å²) in [6, 6.07) is 28.9. The van der Waals surface area contributed by atoms with Crippen molar-refractivity contribution in [1.29, 1.82) is 0 Å². The summed E-state index contributed by atoms with van der Waals surface area (Å²) in [5, 5.41) is 5.08. The van der Waals surface area contributed by atoms with E-state index >= 15 is 0 Å². The Bertz CT molecular complexity index is 1470. The van der Waals surface area contributed by atoms with Crippen LogP contribution in [-0.4, -0.2) is 4.98 Å². The van der Waals surface area contributed by atoms with Crippen molar-refractivity contribution in [2.45, 2.75) is 26.2 Å². The van der Waals surface area contributed by atoms with E-state index in [0.29, 0.717) is 0 Å². The van der Waals surface area contributed by atoms with Crippen LogP contribution >= 0.6 is 0 Å². The van der Waals surface area contributed by atoms with Gasteiger partial charge >= 0.3 is 0 Å². The van der Waals surface area contributed by atoms with Gasteiger partial charge in [-0.15, -0.1) is 0 Å².